The van der Waals surface area contributed by atoms with Crippen LogP contribution in [-0.2, 0) is 15.7 Å². The van der Waals surface area contributed by atoms with E-state index in [1.807, 2.05) is 9.80 Å². The van der Waals surface area contributed by atoms with Crippen LogP contribution in [-0.4, -0.2) is 78.8 Å². The van der Waals surface area contributed by atoms with Gasteiger partial charge in [0.1, 0.15) is 11.6 Å². The average molecular weight is 440 g/mol. The molecule has 0 aromatic carbocycles. The average Bonchev–Trinajstić information content (AvgIpc) is 2.78. The summed E-state index contributed by atoms with van der Waals surface area (Å²) in [4.78, 5) is 16.6. The topological polar surface area (TPSA) is 110 Å². The SMILES string of the molecule is Nc1cc(C(F)(F)F)c(-c2cc(N3CCOC[C@H]3CO)nc(N3CCOCC3)n2)cn1. The Morgan fingerprint density at radius 3 is 2.55 bits per heavy atom. The molecule has 4 rings (SSSR count). The molecular formula is C19H23F3N6O3. The number of pyridine rings is 1. The molecule has 31 heavy (non-hydrogen) atoms. The first-order valence-corrected chi connectivity index (χ1v) is 9.87. The highest BCUT2D eigenvalue weighted by Gasteiger charge is 2.35. The Labute approximate surface area is 176 Å². The van der Waals surface area contributed by atoms with E-state index < -0.39 is 11.7 Å². The molecule has 9 nitrogen and oxygen atoms in total. The quantitative estimate of drug-likeness (QED) is 0.724. The highest BCUT2D eigenvalue weighted by atomic mass is 19.4. The number of alkyl halides is 3. The second-order valence-corrected chi connectivity index (χ2v) is 7.27. The number of aromatic nitrogens is 3. The van der Waals surface area contributed by atoms with E-state index >= 15 is 0 Å². The number of ether oxygens (including phenoxy) is 2. The first-order chi connectivity index (χ1) is 14.9. The minimum Gasteiger partial charge on any atom is -0.394 e. The second-order valence-electron chi connectivity index (χ2n) is 7.27. The van der Waals surface area contributed by atoms with E-state index in [0.717, 1.165) is 12.3 Å². The molecule has 0 amide bonds. The minimum absolute atomic E-state index is 0.0782. The number of nitrogen functional groups attached to an aromatic ring is 1. The van der Waals surface area contributed by atoms with Gasteiger partial charge in [0, 0.05) is 37.5 Å². The summed E-state index contributed by atoms with van der Waals surface area (Å²) in [5.41, 5.74) is 4.49. The summed E-state index contributed by atoms with van der Waals surface area (Å²) in [6.45, 7) is 2.94. The molecule has 2 saturated heterocycles. The Kier molecular flexibility index (Phi) is 6.12. The number of halogens is 3. The smallest absolute Gasteiger partial charge is 0.394 e. The fraction of sp³-hybridized carbons (Fsp3) is 0.526. The van der Waals surface area contributed by atoms with Crippen molar-refractivity contribution in [2.75, 3.05) is 68.2 Å². The van der Waals surface area contributed by atoms with Gasteiger partial charge >= 0.3 is 6.18 Å². The standard InChI is InChI=1S/C19H23F3N6O3/c20-19(21,22)14-7-16(23)24-9-13(14)15-8-17(28-3-6-31-11-12(28)10-29)26-18(25-15)27-1-4-30-5-2-27/h7-9,12,29H,1-6,10-11H2,(H2,23,24)/t12-/m1/s1. The number of morpholine rings is 2. The Balaban J connectivity index is 1.84. The highest BCUT2D eigenvalue weighted by Crippen LogP contribution is 2.38. The van der Waals surface area contributed by atoms with Gasteiger partial charge in [-0.05, 0) is 6.07 Å². The van der Waals surface area contributed by atoms with E-state index in [1.54, 1.807) is 0 Å². The molecule has 0 unspecified atom stereocenters. The predicted octanol–water partition coefficient (Wildman–Crippen LogP) is 1.17. The Bertz CT molecular complexity index is 923. The fourth-order valence-electron chi connectivity index (χ4n) is 3.63. The van der Waals surface area contributed by atoms with Crippen LogP contribution in [0, 0.1) is 0 Å². The van der Waals surface area contributed by atoms with Crippen molar-refractivity contribution in [3.63, 3.8) is 0 Å². The fourth-order valence-corrected chi connectivity index (χ4v) is 3.63. The van der Waals surface area contributed by atoms with Gasteiger partial charge in [0.15, 0.2) is 0 Å². The second kappa shape index (κ2) is 8.81. The van der Waals surface area contributed by atoms with E-state index in [1.165, 1.54) is 6.07 Å². The van der Waals surface area contributed by atoms with Gasteiger partial charge in [0.2, 0.25) is 5.95 Å². The summed E-state index contributed by atoms with van der Waals surface area (Å²) in [6.07, 6.45) is -3.56. The molecule has 0 aliphatic carbocycles. The Hall–Kier alpha value is -2.70. The van der Waals surface area contributed by atoms with Crippen molar-refractivity contribution >= 4 is 17.6 Å². The minimum atomic E-state index is -4.64. The van der Waals surface area contributed by atoms with Gasteiger partial charge < -0.3 is 30.1 Å². The van der Waals surface area contributed by atoms with Crippen molar-refractivity contribution in [3.05, 3.63) is 23.9 Å². The van der Waals surface area contributed by atoms with Crippen molar-refractivity contribution in [2.24, 2.45) is 0 Å². The molecule has 3 N–H and O–H groups in total. The van der Waals surface area contributed by atoms with Crippen molar-refractivity contribution in [1.82, 2.24) is 15.0 Å². The Morgan fingerprint density at radius 1 is 1.10 bits per heavy atom. The van der Waals surface area contributed by atoms with E-state index in [-0.39, 0.29) is 29.7 Å². The maximum Gasteiger partial charge on any atom is 0.417 e. The molecule has 2 aromatic heterocycles. The van der Waals surface area contributed by atoms with E-state index in [4.69, 9.17) is 15.2 Å². The largest absolute Gasteiger partial charge is 0.417 e. The molecule has 0 saturated carbocycles. The molecule has 168 valence electrons. The number of anilines is 3. The monoisotopic (exact) mass is 440 g/mol. The summed E-state index contributed by atoms with van der Waals surface area (Å²) >= 11 is 0. The molecule has 0 bridgehead atoms. The first kappa shape index (κ1) is 21.5. The third-order valence-electron chi connectivity index (χ3n) is 5.23. The number of aliphatic hydroxyl groups is 1. The maximum absolute atomic E-state index is 13.7. The first-order valence-electron chi connectivity index (χ1n) is 9.87. The van der Waals surface area contributed by atoms with Crippen molar-refractivity contribution in [2.45, 2.75) is 12.2 Å². The van der Waals surface area contributed by atoms with Crippen molar-refractivity contribution < 1.29 is 27.8 Å². The molecular weight excluding hydrogens is 417 g/mol. The summed E-state index contributed by atoms with van der Waals surface area (Å²) in [7, 11) is 0. The molecule has 2 aliphatic heterocycles. The molecule has 2 fully saturated rings. The van der Waals surface area contributed by atoms with Crippen LogP contribution in [0.3, 0.4) is 0 Å². The molecule has 0 radical (unpaired) electrons. The summed E-state index contributed by atoms with van der Waals surface area (Å²) in [6, 6.07) is 1.93. The lowest BCUT2D eigenvalue weighted by atomic mass is 10.1. The number of aliphatic hydroxyl groups excluding tert-OH is 1. The lowest BCUT2D eigenvalue weighted by Crippen LogP contribution is -2.48. The third kappa shape index (κ3) is 4.65. The van der Waals surface area contributed by atoms with Crippen LogP contribution < -0.4 is 15.5 Å². The van der Waals surface area contributed by atoms with Crippen LogP contribution in [0.15, 0.2) is 18.3 Å². The molecule has 0 spiro atoms. The molecule has 2 aromatic rings. The van der Waals surface area contributed by atoms with Gasteiger partial charge in [-0.25, -0.2) is 9.97 Å². The lowest BCUT2D eigenvalue weighted by Gasteiger charge is -2.36. The zero-order valence-corrected chi connectivity index (χ0v) is 16.7. The number of hydrogen-bond acceptors (Lipinski definition) is 9. The van der Waals surface area contributed by atoms with Crippen LogP contribution in [0.4, 0.5) is 30.8 Å². The van der Waals surface area contributed by atoms with E-state index in [0.29, 0.717) is 57.8 Å². The molecule has 12 heteroatoms. The molecule has 2 aliphatic rings. The van der Waals surface area contributed by atoms with Crippen molar-refractivity contribution in [1.29, 1.82) is 0 Å². The number of rotatable bonds is 4. The predicted molar refractivity (Wildman–Crippen MR) is 107 cm³/mol. The van der Waals surface area contributed by atoms with Gasteiger partial charge in [-0.1, -0.05) is 0 Å². The molecule has 4 heterocycles. The van der Waals surface area contributed by atoms with Crippen molar-refractivity contribution in [3.8, 4) is 11.3 Å². The maximum atomic E-state index is 13.7. The summed E-state index contributed by atoms with van der Waals surface area (Å²) < 4.78 is 52.0. The zero-order valence-electron chi connectivity index (χ0n) is 16.7. The van der Waals surface area contributed by atoms with Crippen LogP contribution >= 0.6 is 0 Å². The van der Waals surface area contributed by atoms with Crippen LogP contribution in [0.2, 0.25) is 0 Å². The summed E-state index contributed by atoms with van der Waals surface area (Å²) in [5.74, 6) is 0.481. The number of nitrogens with zero attached hydrogens (tertiary/aromatic N) is 5. The van der Waals surface area contributed by atoms with Gasteiger partial charge in [-0.3, -0.25) is 0 Å². The van der Waals surface area contributed by atoms with Gasteiger partial charge in [0.05, 0.1) is 50.3 Å². The number of nitrogens with two attached hydrogens (primary N) is 1. The highest BCUT2D eigenvalue weighted by molar-refractivity contribution is 5.69. The van der Waals surface area contributed by atoms with Gasteiger partial charge in [-0.2, -0.15) is 18.2 Å². The van der Waals surface area contributed by atoms with Crippen LogP contribution in [0.5, 0.6) is 0 Å². The number of hydrogen-bond donors (Lipinski definition) is 2. The zero-order chi connectivity index (χ0) is 22.0. The van der Waals surface area contributed by atoms with Crippen LogP contribution in [0.1, 0.15) is 5.56 Å². The van der Waals surface area contributed by atoms with Gasteiger partial charge in [0.25, 0.3) is 0 Å². The van der Waals surface area contributed by atoms with E-state index in [2.05, 4.69) is 15.0 Å². The van der Waals surface area contributed by atoms with Gasteiger partial charge in [-0.15, -0.1) is 0 Å². The lowest BCUT2D eigenvalue weighted by molar-refractivity contribution is -0.137. The Morgan fingerprint density at radius 2 is 1.84 bits per heavy atom. The van der Waals surface area contributed by atoms with Crippen LogP contribution in [0.25, 0.3) is 11.3 Å². The molecule has 1 atom stereocenters. The normalized spacial score (nSPS) is 20.2. The van der Waals surface area contributed by atoms with E-state index in [9.17, 15) is 18.3 Å². The third-order valence-corrected chi connectivity index (χ3v) is 5.23. The summed E-state index contributed by atoms with van der Waals surface area (Å²) in [5, 5.41) is 9.74.